The van der Waals surface area contributed by atoms with E-state index in [0.29, 0.717) is 48.2 Å². The number of carbonyl (C=O) groups is 3. The first-order valence-electron chi connectivity index (χ1n) is 19.8. The number of carbonyl (C=O) groups excluding carboxylic acids is 3. The second kappa shape index (κ2) is 15.0. The standard InChI is InChI=1S/C40H49N11O5/c1-47-15-16-51(40(47)55)29-3-2-12-50(23-29)33-19-42-36(37(41)53)38(44-33)43-27-4-6-28(7-5-27)49-13-10-24(11-14-49)20-48-21-25-17-31-32(18-26(25)22-48)56-46-35(31)30-8-9-34(52)45-39(30)54/h4-7,17-19,24,29-30,37,53H,2-3,8-16,20-23,41H2,1H3,(H,43,44)(H,45,52,54)/t29-,30?,37?/m1/s1. The van der Waals surface area contributed by atoms with Gasteiger partial charge in [-0.15, -0.1) is 0 Å². The fourth-order valence-electron chi connectivity index (χ4n) is 9.16. The maximum Gasteiger partial charge on any atom is 0.320 e. The molecule has 3 atom stereocenters. The van der Waals surface area contributed by atoms with E-state index in [9.17, 15) is 19.5 Å². The molecule has 0 bridgehead atoms. The van der Waals surface area contributed by atoms with Gasteiger partial charge in [-0.25, -0.2) is 14.8 Å². The van der Waals surface area contributed by atoms with Gasteiger partial charge in [0, 0.05) is 89.1 Å². The Morgan fingerprint density at radius 3 is 2.50 bits per heavy atom. The number of amides is 4. The molecule has 0 aliphatic carbocycles. The molecule has 4 saturated heterocycles. The summed E-state index contributed by atoms with van der Waals surface area (Å²) in [4.78, 5) is 57.1. The van der Waals surface area contributed by atoms with Crippen LogP contribution >= 0.6 is 0 Å². The quantitative estimate of drug-likeness (QED) is 0.144. The first-order chi connectivity index (χ1) is 27.2. The smallest absolute Gasteiger partial charge is 0.320 e. The normalized spacial score (nSPS) is 22.9. The Balaban J connectivity index is 0.795. The van der Waals surface area contributed by atoms with E-state index in [4.69, 9.17) is 15.2 Å². The van der Waals surface area contributed by atoms with Crippen LogP contribution in [0.2, 0.25) is 0 Å². The van der Waals surface area contributed by atoms with Crippen molar-refractivity contribution in [2.24, 2.45) is 11.7 Å². The monoisotopic (exact) mass is 763 g/mol. The number of aliphatic hydroxyl groups excluding tert-OH is 1. The molecule has 7 heterocycles. The fourth-order valence-corrected chi connectivity index (χ4v) is 9.16. The third kappa shape index (κ3) is 7.12. The number of benzene rings is 2. The van der Waals surface area contributed by atoms with E-state index < -0.39 is 12.1 Å². The second-order valence-corrected chi connectivity index (χ2v) is 16.0. The van der Waals surface area contributed by atoms with E-state index in [0.717, 1.165) is 94.8 Å². The van der Waals surface area contributed by atoms with Crippen molar-refractivity contribution in [3.63, 3.8) is 0 Å². The molecular formula is C40H49N11O5. The third-order valence-corrected chi connectivity index (χ3v) is 12.3. The molecule has 16 nitrogen and oxygen atoms in total. The first kappa shape index (κ1) is 36.3. The van der Waals surface area contributed by atoms with Crippen LogP contribution in [-0.2, 0) is 22.7 Å². The number of nitrogens with two attached hydrogens (primary N) is 1. The zero-order chi connectivity index (χ0) is 38.5. The largest absolute Gasteiger partial charge is 0.373 e. The summed E-state index contributed by atoms with van der Waals surface area (Å²) in [6.45, 7) is 7.65. The minimum Gasteiger partial charge on any atom is -0.373 e. The van der Waals surface area contributed by atoms with Crippen molar-refractivity contribution in [1.82, 2.24) is 35.1 Å². The van der Waals surface area contributed by atoms with Crippen molar-refractivity contribution in [2.75, 3.05) is 68.0 Å². The molecule has 2 aromatic carbocycles. The van der Waals surface area contributed by atoms with E-state index in [1.54, 1.807) is 11.1 Å². The summed E-state index contributed by atoms with van der Waals surface area (Å²) >= 11 is 0. The summed E-state index contributed by atoms with van der Waals surface area (Å²) in [5.41, 5.74) is 12.0. The third-order valence-electron chi connectivity index (χ3n) is 12.3. The van der Waals surface area contributed by atoms with Crippen molar-refractivity contribution in [3.8, 4) is 0 Å². The Morgan fingerprint density at radius 2 is 1.77 bits per heavy atom. The van der Waals surface area contributed by atoms with E-state index in [-0.39, 0.29) is 29.6 Å². The summed E-state index contributed by atoms with van der Waals surface area (Å²) < 4.78 is 5.67. The summed E-state index contributed by atoms with van der Waals surface area (Å²) in [6, 6.07) is 12.7. The van der Waals surface area contributed by atoms with E-state index in [2.05, 4.69) is 59.7 Å². The lowest BCUT2D eigenvalue weighted by molar-refractivity contribution is -0.134. The van der Waals surface area contributed by atoms with Gasteiger partial charge in [0.15, 0.2) is 11.4 Å². The van der Waals surface area contributed by atoms with Crippen LogP contribution in [0.5, 0.6) is 0 Å². The summed E-state index contributed by atoms with van der Waals surface area (Å²) in [5.74, 6) is 0.676. The fraction of sp³-hybridized carbons (Fsp3) is 0.500. The van der Waals surface area contributed by atoms with Crippen molar-refractivity contribution in [2.45, 2.75) is 69.8 Å². The lowest BCUT2D eigenvalue weighted by Gasteiger charge is -2.38. The molecule has 9 rings (SSSR count). The number of rotatable bonds is 9. The molecule has 5 aliphatic heterocycles. The Hall–Kier alpha value is -5.32. The topological polar surface area (TPSA) is 190 Å². The molecule has 294 valence electrons. The average molecular weight is 764 g/mol. The number of piperidine rings is 3. The number of nitrogens with one attached hydrogen (secondary N) is 2. The number of aliphatic hydroxyl groups is 1. The van der Waals surface area contributed by atoms with Gasteiger partial charge in [-0.05, 0) is 85.5 Å². The van der Waals surface area contributed by atoms with Gasteiger partial charge >= 0.3 is 6.03 Å². The molecule has 5 N–H and O–H groups in total. The SMILES string of the molecule is CN1CCN([C@@H]2CCCN(c3cnc(C(N)O)c(Nc4ccc(N5CCC(CN6Cc7cc8onc(C9CCC(=O)NC9=O)c8cc7C6)CC5)cc4)n3)C2)C1=O. The lowest BCUT2D eigenvalue weighted by Crippen LogP contribution is -2.49. The van der Waals surface area contributed by atoms with E-state index >= 15 is 0 Å². The molecular weight excluding hydrogens is 715 g/mol. The number of hydrogen-bond acceptors (Lipinski definition) is 13. The van der Waals surface area contributed by atoms with Gasteiger partial charge in [0.2, 0.25) is 11.8 Å². The molecule has 56 heavy (non-hydrogen) atoms. The number of nitrogens with zero attached hydrogens (tertiary/aromatic N) is 8. The number of urea groups is 1. The molecule has 2 unspecified atom stereocenters. The average Bonchev–Trinajstić information content (AvgIpc) is 3.89. The van der Waals surface area contributed by atoms with Gasteiger partial charge in [0.05, 0.1) is 18.2 Å². The highest BCUT2D eigenvalue weighted by atomic mass is 16.5. The molecule has 2 aromatic heterocycles. The van der Waals surface area contributed by atoms with Crippen LogP contribution in [0, 0.1) is 5.92 Å². The lowest BCUT2D eigenvalue weighted by atomic mass is 9.92. The number of hydrogen-bond donors (Lipinski definition) is 4. The highest BCUT2D eigenvalue weighted by Gasteiger charge is 2.36. The van der Waals surface area contributed by atoms with Crippen LogP contribution < -0.4 is 26.2 Å². The Kier molecular flexibility index (Phi) is 9.71. The molecule has 0 spiro atoms. The molecule has 5 aliphatic rings. The summed E-state index contributed by atoms with van der Waals surface area (Å²) in [7, 11) is 1.84. The van der Waals surface area contributed by atoms with Crippen molar-refractivity contribution in [3.05, 3.63) is 65.1 Å². The van der Waals surface area contributed by atoms with Crippen LogP contribution in [0.3, 0.4) is 0 Å². The van der Waals surface area contributed by atoms with Crippen LogP contribution in [0.4, 0.5) is 27.8 Å². The number of anilines is 4. The highest BCUT2D eigenvalue weighted by Crippen LogP contribution is 2.36. The molecule has 4 amide bonds. The summed E-state index contributed by atoms with van der Waals surface area (Å²) in [6.07, 6.45) is 5.21. The number of fused-ring (bicyclic) bond motifs is 2. The first-order valence-corrected chi connectivity index (χ1v) is 19.8. The van der Waals surface area contributed by atoms with Crippen LogP contribution in [0.15, 0.2) is 47.1 Å². The van der Waals surface area contributed by atoms with Gasteiger partial charge in [0.1, 0.15) is 23.4 Å². The maximum absolute atomic E-state index is 12.7. The van der Waals surface area contributed by atoms with E-state index in [1.807, 2.05) is 24.1 Å². The zero-order valence-corrected chi connectivity index (χ0v) is 31.7. The number of likely N-dealkylation sites (N-methyl/N-ethyl adjacent to an activating group) is 1. The Labute approximate surface area is 325 Å². The van der Waals surface area contributed by atoms with Gasteiger partial charge < -0.3 is 40.3 Å². The number of imide groups is 1. The second-order valence-electron chi connectivity index (χ2n) is 16.0. The van der Waals surface area contributed by atoms with Crippen molar-refractivity contribution < 1.29 is 24.0 Å². The van der Waals surface area contributed by atoms with Gasteiger partial charge in [-0.2, -0.15) is 0 Å². The predicted octanol–water partition coefficient (Wildman–Crippen LogP) is 3.40. The zero-order valence-electron chi connectivity index (χ0n) is 31.7. The van der Waals surface area contributed by atoms with Gasteiger partial charge in [-0.1, -0.05) is 5.16 Å². The van der Waals surface area contributed by atoms with Crippen LogP contribution in [0.25, 0.3) is 11.0 Å². The van der Waals surface area contributed by atoms with Crippen molar-refractivity contribution in [1.29, 1.82) is 0 Å². The molecule has 4 aromatic rings. The Morgan fingerprint density at radius 1 is 0.982 bits per heavy atom. The minimum atomic E-state index is -1.29. The molecule has 4 fully saturated rings. The molecule has 16 heteroatoms. The van der Waals surface area contributed by atoms with Gasteiger partial charge in [0.25, 0.3) is 0 Å². The predicted molar refractivity (Wildman–Crippen MR) is 209 cm³/mol. The van der Waals surface area contributed by atoms with Crippen LogP contribution in [0.1, 0.15) is 73.2 Å². The molecule has 0 radical (unpaired) electrons. The highest BCUT2D eigenvalue weighted by molar-refractivity contribution is 6.02. The van der Waals surface area contributed by atoms with E-state index in [1.165, 1.54) is 11.1 Å². The van der Waals surface area contributed by atoms with Crippen LogP contribution in [-0.4, -0.2) is 112 Å². The Bertz CT molecular complexity index is 2130. The molecule has 0 saturated carbocycles. The van der Waals surface area contributed by atoms with Crippen molar-refractivity contribution >= 4 is 51.8 Å². The summed E-state index contributed by atoms with van der Waals surface area (Å²) in [5, 5.41) is 21.2. The number of aromatic nitrogens is 3. The maximum atomic E-state index is 12.7. The van der Waals surface area contributed by atoms with Gasteiger partial charge in [-0.3, -0.25) is 19.8 Å². The minimum absolute atomic E-state index is 0.0776.